The molecule has 1 saturated carbocycles. The number of benzene rings is 2. The van der Waals surface area contributed by atoms with Gasteiger partial charge in [0.25, 0.3) is 0 Å². The first-order chi connectivity index (χ1) is 12.4. The quantitative estimate of drug-likeness (QED) is 0.353. The zero-order chi connectivity index (χ0) is 19.8. The van der Waals surface area contributed by atoms with Crippen LogP contribution in [0.15, 0.2) is 53.4 Å². The van der Waals surface area contributed by atoms with Crippen molar-refractivity contribution in [3.63, 3.8) is 0 Å². The first-order valence-electron chi connectivity index (χ1n) is 8.87. The summed E-state index contributed by atoms with van der Waals surface area (Å²) in [5.41, 5.74) is 2.28. The van der Waals surface area contributed by atoms with Gasteiger partial charge in [0.05, 0.1) is 0 Å². The first kappa shape index (κ1) is 19.8. The van der Waals surface area contributed by atoms with Gasteiger partial charge in [0.15, 0.2) is 0 Å². The Bertz CT molecular complexity index is 863. The van der Waals surface area contributed by atoms with Gasteiger partial charge in [-0.15, -0.1) is 0 Å². The van der Waals surface area contributed by atoms with Gasteiger partial charge in [-0.1, -0.05) is 63.2 Å². The number of rotatable bonds is 2. The molecule has 0 aromatic heterocycles. The summed E-state index contributed by atoms with van der Waals surface area (Å²) in [5.74, 6) is 6.95. The van der Waals surface area contributed by atoms with Gasteiger partial charge in [-0.05, 0) is 66.6 Å². The molecule has 1 aliphatic carbocycles. The van der Waals surface area contributed by atoms with Crippen LogP contribution in [-0.2, 0) is 0 Å². The SMILES string of the molecule is CC1CCC(c2ccc(C#Cc3ccc(S(F)(F)(F)(F)F)cc3)cc2)CC1. The van der Waals surface area contributed by atoms with Gasteiger partial charge < -0.3 is 0 Å². The molecule has 0 saturated heterocycles. The van der Waals surface area contributed by atoms with E-state index in [1.54, 1.807) is 0 Å². The molecule has 0 bridgehead atoms. The van der Waals surface area contributed by atoms with Crippen LogP contribution in [0.5, 0.6) is 0 Å². The summed E-state index contributed by atoms with van der Waals surface area (Å²) in [4.78, 5) is -1.90. The van der Waals surface area contributed by atoms with Gasteiger partial charge >= 0.3 is 10.2 Å². The number of hydrogen-bond acceptors (Lipinski definition) is 0. The van der Waals surface area contributed by atoms with E-state index in [0.29, 0.717) is 18.1 Å². The van der Waals surface area contributed by atoms with Crippen LogP contribution >= 0.6 is 10.2 Å². The minimum Gasteiger partial charge on any atom is -0.0936 e. The maximum absolute atomic E-state index is 12.7. The number of hydrogen-bond donors (Lipinski definition) is 0. The highest BCUT2D eigenvalue weighted by Crippen LogP contribution is 3.02. The summed E-state index contributed by atoms with van der Waals surface area (Å²) in [6.45, 7) is 2.28. The van der Waals surface area contributed by atoms with Gasteiger partial charge in [0, 0.05) is 11.1 Å². The highest BCUT2D eigenvalue weighted by Gasteiger charge is 2.65. The third kappa shape index (κ3) is 5.26. The van der Waals surface area contributed by atoms with Gasteiger partial charge in [0.2, 0.25) is 0 Å². The van der Waals surface area contributed by atoms with Crippen molar-refractivity contribution in [1.29, 1.82) is 0 Å². The van der Waals surface area contributed by atoms with Crippen molar-refractivity contribution < 1.29 is 19.4 Å². The van der Waals surface area contributed by atoms with Crippen LogP contribution < -0.4 is 0 Å². The van der Waals surface area contributed by atoms with Crippen molar-refractivity contribution in [3.8, 4) is 11.8 Å². The normalized spacial score (nSPS) is 22.9. The second-order valence-corrected chi connectivity index (χ2v) is 9.73. The van der Waals surface area contributed by atoms with Crippen molar-refractivity contribution in [3.05, 3.63) is 65.2 Å². The predicted octanol–water partition coefficient (Wildman–Crippen LogP) is 8.04. The molecule has 0 aliphatic heterocycles. The Morgan fingerprint density at radius 3 is 1.59 bits per heavy atom. The topological polar surface area (TPSA) is 0 Å². The maximum Gasteiger partial charge on any atom is 0.310 e. The summed E-state index contributed by atoms with van der Waals surface area (Å²) >= 11 is 0. The standard InChI is InChI=1S/C21H21F5S/c1-16-2-10-19(11-3-16)20-12-6-17(7-13-20)4-5-18-8-14-21(15-9-18)27(22,23,24,25)26/h6-9,12-16,19H,2-3,10-11H2,1H3. The maximum atomic E-state index is 12.7. The minimum absolute atomic E-state index is 0.256. The van der Waals surface area contributed by atoms with E-state index >= 15 is 0 Å². The molecule has 0 radical (unpaired) electrons. The lowest BCUT2D eigenvalue weighted by Crippen LogP contribution is -2.10. The summed E-state index contributed by atoms with van der Waals surface area (Å²) in [6, 6.07) is 10.6. The molecule has 27 heavy (non-hydrogen) atoms. The van der Waals surface area contributed by atoms with Crippen LogP contribution in [0.2, 0.25) is 0 Å². The highest BCUT2D eigenvalue weighted by atomic mass is 32.5. The average Bonchev–Trinajstić information content (AvgIpc) is 2.60. The third-order valence-electron chi connectivity index (χ3n) is 5.05. The Balaban J connectivity index is 1.71. The van der Waals surface area contributed by atoms with E-state index < -0.39 is 15.1 Å². The van der Waals surface area contributed by atoms with Gasteiger partial charge in [-0.25, -0.2) is 0 Å². The predicted molar refractivity (Wildman–Crippen MR) is 101 cm³/mol. The van der Waals surface area contributed by atoms with Crippen LogP contribution in [0.1, 0.15) is 55.2 Å². The van der Waals surface area contributed by atoms with Crippen molar-refractivity contribution in [1.82, 2.24) is 0 Å². The van der Waals surface area contributed by atoms with Crippen molar-refractivity contribution in [2.75, 3.05) is 0 Å². The smallest absolute Gasteiger partial charge is 0.0936 e. The van der Waals surface area contributed by atoms with E-state index in [2.05, 4.69) is 18.8 Å². The molecule has 0 atom stereocenters. The van der Waals surface area contributed by atoms with E-state index in [9.17, 15) is 19.4 Å². The highest BCUT2D eigenvalue weighted by molar-refractivity contribution is 8.45. The largest absolute Gasteiger partial charge is 0.310 e. The van der Waals surface area contributed by atoms with Crippen molar-refractivity contribution in [2.45, 2.75) is 43.4 Å². The Labute approximate surface area is 156 Å². The lowest BCUT2D eigenvalue weighted by Gasteiger charge is -2.40. The zero-order valence-electron chi connectivity index (χ0n) is 14.9. The summed E-state index contributed by atoms with van der Waals surface area (Å²) in [6.07, 6.45) is 4.85. The molecule has 1 aliphatic rings. The molecule has 1 fully saturated rings. The average molecular weight is 400 g/mol. The Kier molecular flexibility index (Phi) is 4.59. The van der Waals surface area contributed by atoms with E-state index in [1.165, 1.54) is 31.2 Å². The Morgan fingerprint density at radius 2 is 1.15 bits per heavy atom. The van der Waals surface area contributed by atoms with Crippen LogP contribution in [0, 0.1) is 17.8 Å². The summed E-state index contributed by atoms with van der Waals surface area (Å²) in [5, 5.41) is 0. The lowest BCUT2D eigenvalue weighted by atomic mass is 9.79. The molecule has 0 spiro atoms. The molecule has 2 aromatic rings. The van der Waals surface area contributed by atoms with E-state index in [0.717, 1.165) is 23.6 Å². The molecule has 0 N–H and O–H groups in total. The minimum atomic E-state index is -9.62. The molecule has 0 heterocycles. The van der Waals surface area contributed by atoms with E-state index in [-0.39, 0.29) is 5.56 Å². The molecular weight excluding hydrogens is 379 g/mol. The van der Waals surface area contributed by atoms with Crippen LogP contribution in [-0.4, -0.2) is 0 Å². The summed E-state index contributed by atoms with van der Waals surface area (Å²) in [7, 11) is -9.62. The molecule has 6 heteroatoms. The Morgan fingerprint density at radius 1 is 0.704 bits per heavy atom. The summed E-state index contributed by atoms with van der Waals surface area (Å²) < 4.78 is 63.5. The van der Waals surface area contributed by atoms with Crippen LogP contribution in [0.3, 0.4) is 0 Å². The molecule has 0 nitrogen and oxygen atoms in total. The zero-order valence-corrected chi connectivity index (χ0v) is 15.7. The monoisotopic (exact) mass is 400 g/mol. The van der Waals surface area contributed by atoms with Crippen LogP contribution in [0.4, 0.5) is 19.4 Å². The van der Waals surface area contributed by atoms with Gasteiger partial charge in [-0.2, -0.15) is 0 Å². The molecule has 3 rings (SSSR count). The van der Waals surface area contributed by atoms with E-state index in [1.807, 2.05) is 24.3 Å². The Hall–Kier alpha value is -2.00. The molecular formula is C21H21F5S. The van der Waals surface area contributed by atoms with Gasteiger partial charge in [-0.3, -0.25) is 0 Å². The van der Waals surface area contributed by atoms with E-state index in [4.69, 9.17) is 0 Å². The third-order valence-corrected chi connectivity index (χ3v) is 6.21. The fourth-order valence-electron chi connectivity index (χ4n) is 3.37. The second-order valence-electron chi connectivity index (χ2n) is 7.32. The van der Waals surface area contributed by atoms with Crippen molar-refractivity contribution in [2.24, 2.45) is 5.92 Å². The number of halogens is 5. The molecule has 0 amide bonds. The van der Waals surface area contributed by atoms with Crippen LogP contribution in [0.25, 0.3) is 0 Å². The molecule has 2 aromatic carbocycles. The van der Waals surface area contributed by atoms with Crippen molar-refractivity contribution >= 4 is 10.2 Å². The lowest BCUT2D eigenvalue weighted by molar-refractivity contribution is 0.348. The van der Waals surface area contributed by atoms with Gasteiger partial charge in [0.1, 0.15) is 4.90 Å². The molecule has 146 valence electrons. The fourth-order valence-corrected chi connectivity index (χ4v) is 4.02. The fraction of sp³-hybridized carbons (Fsp3) is 0.333. The second kappa shape index (κ2) is 6.27. The molecule has 0 unspecified atom stereocenters. The first-order valence-corrected chi connectivity index (χ1v) is 10.8.